The van der Waals surface area contributed by atoms with Gasteiger partial charge < -0.3 is 21.3 Å². The van der Waals surface area contributed by atoms with Crippen LogP contribution in [0.5, 0.6) is 0 Å². The summed E-state index contributed by atoms with van der Waals surface area (Å²) < 4.78 is 0. The van der Waals surface area contributed by atoms with E-state index < -0.39 is 23.9 Å². The summed E-state index contributed by atoms with van der Waals surface area (Å²) in [6, 6.07) is -1.16. The smallest absolute Gasteiger partial charge is 0.326 e. The lowest BCUT2D eigenvalue weighted by Gasteiger charge is -2.15. The third-order valence-corrected chi connectivity index (χ3v) is 2.22. The second-order valence-corrected chi connectivity index (χ2v) is 3.94. The average Bonchev–Trinajstić information content (AvgIpc) is 2.23. The van der Waals surface area contributed by atoms with Crippen LogP contribution in [0.25, 0.3) is 0 Å². The maximum absolute atomic E-state index is 11.4. The Balaban J connectivity index is 4.20. The van der Waals surface area contributed by atoms with E-state index in [4.69, 9.17) is 15.9 Å². The van der Waals surface area contributed by atoms with Crippen molar-refractivity contribution in [3.8, 4) is 0 Å². The summed E-state index contributed by atoms with van der Waals surface area (Å²) in [5, 5.41) is 19.5. The van der Waals surface area contributed by atoms with Crippen LogP contribution in [0.15, 0.2) is 0 Å². The van der Waals surface area contributed by atoms with Crippen molar-refractivity contribution in [1.29, 1.82) is 0 Å². The predicted molar refractivity (Wildman–Crippen MR) is 59.3 cm³/mol. The summed E-state index contributed by atoms with van der Waals surface area (Å²) in [7, 11) is 0. The third kappa shape index (κ3) is 7.29. The number of aliphatic carboxylic acids is 2. The molecule has 0 aromatic heterocycles. The van der Waals surface area contributed by atoms with Gasteiger partial charge in [0.05, 0.1) is 0 Å². The van der Waals surface area contributed by atoms with E-state index in [-0.39, 0.29) is 25.2 Å². The van der Waals surface area contributed by atoms with Crippen LogP contribution in [-0.2, 0) is 14.4 Å². The van der Waals surface area contributed by atoms with E-state index in [1.54, 1.807) is 6.92 Å². The second kappa shape index (κ2) is 7.61. The van der Waals surface area contributed by atoms with Crippen LogP contribution in [-0.4, -0.2) is 40.6 Å². The molecule has 0 heterocycles. The van der Waals surface area contributed by atoms with Crippen LogP contribution in [0.3, 0.4) is 0 Å². The van der Waals surface area contributed by atoms with Crippen LogP contribution in [0.1, 0.15) is 26.2 Å². The quantitative estimate of drug-likeness (QED) is 0.452. The minimum absolute atomic E-state index is 0.0380. The average molecular weight is 246 g/mol. The molecule has 17 heavy (non-hydrogen) atoms. The maximum Gasteiger partial charge on any atom is 0.326 e. The Hall–Kier alpha value is -1.63. The van der Waals surface area contributed by atoms with Crippen molar-refractivity contribution in [2.75, 3.05) is 6.54 Å². The highest BCUT2D eigenvalue weighted by Gasteiger charge is 2.21. The van der Waals surface area contributed by atoms with E-state index in [0.717, 1.165) is 0 Å². The summed E-state index contributed by atoms with van der Waals surface area (Å²) in [4.78, 5) is 32.5. The van der Waals surface area contributed by atoms with Gasteiger partial charge >= 0.3 is 11.9 Å². The number of carboxylic acid groups (broad SMARTS) is 2. The van der Waals surface area contributed by atoms with Gasteiger partial charge in [-0.25, -0.2) is 4.79 Å². The number of carboxylic acids is 2. The molecule has 0 rings (SSSR count). The Kier molecular flexibility index (Phi) is 6.88. The molecule has 0 bridgehead atoms. The van der Waals surface area contributed by atoms with Crippen molar-refractivity contribution in [1.82, 2.24) is 5.32 Å². The Morgan fingerprint density at radius 3 is 2.29 bits per heavy atom. The maximum atomic E-state index is 11.4. The van der Waals surface area contributed by atoms with Gasteiger partial charge in [0.1, 0.15) is 6.04 Å². The molecule has 2 atom stereocenters. The van der Waals surface area contributed by atoms with Crippen molar-refractivity contribution in [2.24, 2.45) is 11.7 Å². The van der Waals surface area contributed by atoms with Gasteiger partial charge in [-0.3, -0.25) is 9.59 Å². The first kappa shape index (κ1) is 15.4. The molecular weight excluding hydrogens is 228 g/mol. The van der Waals surface area contributed by atoms with E-state index in [0.29, 0.717) is 6.54 Å². The molecule has 0 spiro atoms. The Morgan fingerprint density at radius 1 is 1.29 bits per heavy atom. The molecule has 1 unspecified atom stereocenters. The summed E-state index contributed by atoms with van der Waals surface area (Å²) in [6.07, 6.45) is -0.301. The Morgan fingerprint density at radius 2 is 1.88 bits per heavy atom. The summed E-state index contributed by atoms with van der Waals surface area (Å²) >= 11 is 0. The van der Waals surface area contributed by atoms with Crippen molar-refractivity contribution in [2.45, 2.75) is 32.2 Å². The molecule has 0 aromatic carbocycles. The van der Waals surface area contributed by atoms with Crippen molar-refractivity contribution >= 4 is 17.8 Å². The second-order valence-electron chi connectivity index (χ2n) is 3.94. The van der Waals surface area contributed by atoms with Gasteiger partial charge in [0.15, 0.2) is 0 Å². The number of hydrogen-bond donors (Lipinski definition) is 4. The molecule has 5 N–H and O–H groups in total. The van der Waals surface area contributed by atoms with Crippen LogP contribution >= 0.6 is 0 Å². The summed E-state index contributed by atoms with van der Waals surface area (Å²) in [5.74, 6) is -2.80. The van der Waals surface area contributed by atoms with E-state index >= 15 is 0 Å². The number of amides is 1. The van der Waals surface area contributed by atoms with Gasteiger partial charge in [-0.05, 0) is 18.9 Å². The Bertz CT molecular complexity index is 292. The van der Waals surface area contributed by atoms with Crippen LogP contribution in [0, 0.1) is 5.92 Å². The normalized spacial score (nSPS) is 13.8. The van der Waals surface area contributed by atoms with Gasteiger partial charge in [-0.1, -0.05) is 6.92 Å². The van der Waals surface area contributed by atoms with Gasteiger partial charge in [0.2, 0.25) is 5.91 Å². The molecule has 7 nitrogen and oxygen atoms in total. The number of nitrogens with two attached hydrogens (primary N) is 1. The molecule has 0 radical (unpaired) electrons. The van der Waals surface area contributed by atoms with E-state index in [2.05, 4.69) is 5.32 Å². The number of rotatable bonds is 8. The lowest BCUT2D eigenvalue weighted by molar-refractivity contribution is -0.143. The topological polar surface area (TPSA) is 130 Å². The van der Waals surface area contributed by atoms with Gasteiger partial charge in [0, 0.05) is 12.8 Å². The van der Waals surface area contributed by atoms with Crippen LogP contribution in [0.2, 0.25) is 0 Å². The number of carbonyl (C=O) groups excluding carboxylic acids is 1. The first-order valence-corrected chi connectivity index (χ1v) is 5.30. The highest BCUT2D eigenvalue weighted by Crippen LogP contribution is 2.02. The minimum Gasteiger partial charge on any atom is -0.481 e. The standard InChI is InChI=1S/C10H18N2O5/c1-6(5-11)4-8(13)12-7(10(16)17)2-3-9(14)15/h6-7H,2-5,11H2,1H3,(H,12,13)(H,14,15)(H,16,17)/t6?,7-/m0/s1. The molecule has 0 aliphatic heterocycles. The van der Waals surface area contributed by atoms with E-state index in [9.17, 15) is 14.4 Å². The highest BCUT2D eigenvalue weighted by molar-refractivity contribution is 5.84. The van der Waals surface area contributed by atoms with Gasteiger partial charge in [0.25, 0.3) is 0 Å². The van der Waals surface area contributed by atoms with E-state index in [1.807, 2.05) is 0 Å². The van der Waals surface area contributed by atoms with Crippen LogP contribution in [0.4, 0.5) is 0 Å². The van der Waals surface area contributed by atoms with Crippen molar-refractivity contribution < 1.29 is 24.6 Å². The molecule has 0 fully saturated rings. The first-order chi connectivity index (χ1) is 7.86. The molecule has 98 valence electrons. The Labute approximate surface area is 99.0 Å². The molecule has 0 aromatic rings. The fourth-order valence-electron chi connectivity index (χ4n) is 1.18. The van der Waals surface area contributed by atoms with Gasteiger partial charge in [-0.2, -0.15) is 0 Å². The van der Waals surface area contributed by atoms with Crippen molar-refractivity contribution in [3.63, 3.8) is 0 Å². The number of hydrogen-bond acceptors (Lipinski definition) is 4. The fraction of sp³-hybridized carbons (Fsp3) is 0.700. The molecule has 0 saturated carbocycles. The molecule has 0 aliphatic carbocycles. The summed E-state index contributed by atoms with van der Waals surface area (Å²) in [5.41, 5.74) is 5.34. The first-order valence-electron chi connectivity index (χ1n) is 5.30. The molecule has 0 aliphatic rings. The number of carbonyl (C=O) groups is 3. The van der Waals surface area contributed by atoms with E-state index in [1.165, 1.54) is 0 Å². The zero-order valence-corrected chi connectivity index (χ0v) is 9.68. The molecule has 1 amide bonds. The number of nitrogens with one attached hydrogen (secondary N) is 1. The predicted octanol–water partition coefficient (Wildman–Crippen LogP) is -0.594. The molecule has 7 heteroatoms. The lowest BCUT2D eigenvalue weighted by atomic mass is 10.1. The third-order valence-electron chi connectivity index (χ3n) is 2.22. The highest BCUT2D eigenvalue weighted by atomic mass is 16.4. The zero-order valence-electron chi connectivity index (χ0n) is 9.68. The SMILES string of the molecule is CC(CN)CC(=O)N[C@@H](CCC(=O)O)C(=O)O. The molecular formula is C10H18N2O5. The van der Waals surface area contributed by atoms with Crippen molar-refractivity contribution in [3.05, 3.63) is 0 Å². The lowest BCUT2D eigenvalue weighted by Crippen LogP contribution is -2.41. The van der Waals surface area contributed by atoms with Crippen LogP contribution < -0.4 is 11.1 Å². The fourth-order valence-corrected chi connectivity index (χ4v) is 1.18. The molecule has 0 saturated heterocycles. The zero-order chi connectivity index (χ0) is 13.4. The summed E-state index contributed by atoms with van der Waals surface area (Å²) in [6.45, 7) is 2.10. The largest absolute Gasteiger partial charge is 0.481 e. The monoisotopic (exact) mass is 246 g/mol. The minimum atomic E-state index is -1.24. The van der Waals surface area contributed by atoms with Gasteiger partial charge in [-0.15, -0.1) is 0 Å².